The van der Waals surface area contributed by atoms with Crippen LogP contribution in [0.3, 0.4) is 0 Å². The Kier molecular flexibility index (Phi) is 4.16. The molecule has 0 aliphatic carbocycles. The highest BCUT2D eigenvalue weighted by Crippen LogP contribution is 2.15. The molecule has 0 aromatic carbocycles. The van der Waals surface area contributed by atoms with Crippen molar-refractivity contribution in [2.75, 3.05) is 26.2 Å². The summed E-state index contributed by atoms with van der Waals surface area (Å²) < 4.78 is 1.94. The lowest BCUT2D eigenvalue weighted by molar-refractivity contribution is -0.149. The van der Waals surface area contributed by atoms with Crippen molar-refractivity contribution in [1.82, 2.24) is 14.4 Å². The number of carbonyl (C=O) groups excluding carboxylic acids is 3. The van der Waals surface area contributed by atoms with Crippen LogP contribution in [0.4, 0.5) is 0 Å². The SMILES string of the molecule is CCN1CC(=O)N(CC(=O)c2cc(C)n(C)c2C)CC1=O. The predicted molar refractivity (Wildman–Crippen MR) is 78.1 cm³/mol. The van der Waals surface area contributed by atoms with E-state index in [0.717, 1.165) is 11.4 Å². The normalized spacial score (nSPS) is 15.8. The van der Waals surface area contributed by atoms with Gasteiger partial charge in [-0.3, -0.25) is 14.4 Å². The van der Waals surface area contributed by atoms with Gasteiger partial charge in [-0.05, 0) is 26.8 Å². The summed E-state index contributed by atoms with van der Waals surface area (Å²) in [6.45, 7) is 6.18. The highest BCUT2D eigenvalue weighted by Gasteiger charge is 2.30. The Balaban J connectivity index is 2.11. The van der Waals surface area contributed by atoms with E-state index >= 15 is 0 Å². The van der Waals surface area contributed by atoms with Crippen molar-refractivity contribution in [1.29, 1.82) is 0 Å². The van der Waals surface area contributed by atoms with Crippen LogP contribution in [0, 0.1) is 13.8 Å². The topological polar surface area (TPSA) is 62.6 Å². The summed E-state index contributed by atoms with van der Waals surface area (Å²) in [6, 6.07) is 1.83. The van der Waals surface area contributed by atoms with Crippen molar-refractivity contribution in [3.8, 4) is 0 Å². The van der Waals surface area contributed by atoms with Crippen molar-refractivity contribution in [2.24, 2.45) is 7.05 Å². The Labute approximate surface area is 124 Å². The largest absolute Gasteiger partial charge is 0.351 e. The lowest BCUT2D eigenvalue weighted by Crippen LogP contribution is -2.54. The van der Waals surface area contributed by atoms with Gasteiger partial charge in [0, 0.05) is 30.5 Å². The third kappa shape index (κ3) is 2.84. The van der Waals surface area contributed by atoms with E-state index in [4.69, 9.17) is 0 Å². The van der Waals surface area contributed by atoms with Crippen LogP contribution in [-0.4, -0.2) is 58.1 Å². The zero-order valence-electron chi connectivity index (χ0n) is 13.0. The van der Waals surface area contributed by atoms with Crippen molar-refractivity contribution in [3.63, 3.8) is 0 Å². The minimum Gasteiger partial charge on any atom is -0.351 e. The van der Waals surface area contributed by atoms with Crippen molar-refractivity contribution in [2.45, 2.75) is 20.8 Å². The van der Waals surface area contributed by atoms with Crippen molar-refractivity contribution >= 4 is 17.6 Å². The molecule has 1 aromatic heterocycles. The molecule has 2 rings (SSSR count). The van der Waals surface area contributed by atoms with Gasteiger partial charge in [0.1, 0.15) is 6.54 Å². The van der Waals surface area contributed by atoms with Gasteiger partial charge in [0.25, 0.3) is 0 Å². The summed E-state index contributed by atoms with van der Waals surface area (Å²) in [6.07, 6.45) is 0. The van der Waals surface area contributed by atoms with E-state index < -0.39 is 0 Å². The fourth-order valence-electron chi connectivity index (χ4n) is 2.53. The Morgan fingerprint density at radius 1 is 1.14 bits per heavy atom. The molecule has 2 amide bonds. The Morgan fingerprint density at radius 2 is 1.71 bits per heavy atom. The number of likely N-dealkylation sites (N-methyl/N-ethyl adjacent to an activating group) is 1. The van der Waals surface area contributed by atoms with E-state index in [1.165, 1.54) is 9.80 Å². The maximum atomic E-state index is 12.4. The van der Waals surface area contributed by atoms with Crippen LogP contribution in [0.2, 0.25) is 0 Å². The number of Topliss-reactive ketones (excluding diaryl/α,β-unsaturated/α-hetero) is 1. The molecule has 0 saturated carbocycles. The number of hydrogen-bond acceptors (Lipinski definition) is 3. The minimum atomic E-state index is -0.171. The molecule has 6 heteroatoms. The summed E-state index contributed by atoms with van der Waals surface area (Å²) >= 11 is 0. The molecular weight excluding hydrogens is 270 g/mol. The minimum absolute atomic E-state index is 0.0106. The summed E-state index contributed by atoms with van der Waals surface area (Å²) in [5.74, 6) is -0.400. The van der Waals surface area contributed by atoms with Gasteiger partial charge >= 0.3 is 0 Å². The number of hydrogen-bond donors (Lipinski definition) is 0. The van der Waals surface area contributed by atoms with Gasteiger partial charge in [-0.25, -0.2) is 0 Å². The monoisotopic (exact) mass is 291 g/mol. The summed E-state index contributed by atoms with van der Waals surface area (Å²) in [4.78, 5) is 39.1. The molecule has 114 valence electrons. The van der Waals surface area contributed by atoms with Crippen LogP contribution < -0.4 is 0 Å². The first-order valence-electron chi connectivity index (χ1n) is 7.06. The van der Waals surface area contributed by atoms with Gasteiger partial charge in [0.05, 0.1) is 13.1 Å². The van der Waals surface area contributed by atoms with Crippen molar-refractivity contribution < 1.29 is 14.4 Å². The van der Waals surface area contributed by atoms with Crippen LogP contribution in [0.1, 0.15) is 28.7 Å². The maximum absolute atomic E-state index is 12.4. The fourth-order valence-corrected chi connectivity index (χ4v) is 2.53. The number of nitrogens with zero attached hydrogens (tertiary/aromatic N) is 3. The third-order valence-electron chi connectivity index (χ3n) is 4.15. The van der Waals surface area contributed by atoms with Gasteiger partial charge in [-0.15, -0.1) is 0 Å². The fraction of sp³-hybridized carbons (Fsp3) is 0.533. The molecule has 1 aliphatic heterocycles. The zero-order valence-corrected chi connectivity index (χ0v) is 13.0. The average molecular weight is 291 g/mol. The molecule has 2 heterocycles. The third-order valence-corrected chi connectivity index (χ3v) is 4.15. The van der Waals surface area contributed by atoms with E-state index in [9.17, 15) is 14.4 Å². The van der Waals surface area contributed by atoms with E-state index in [-0.39, 0.29) is 37.2 Å². The zero-order chi connectivity index (χ0) is 15.7. The van der Waals surface area contributed by atoms with Gasteiger partial charge in [0.2, 0.25) is 11.8 Å². The number of aryl methyl sites for hydroxylation is 1. The molecule has 6 nitrogen and oxygen atoms in total. The molecule has 1 saturated heterocycles. The number of carbonyl (C=O) groups is 3. The molecule has 0 bridgehead atoms. The van der Waals surface area contributed by atoms with Crippen LogP contribution in [0.25, 0.3) is 0 Å². The second kappa shape index (κ2) is 5.71. The molecular formula is C15H21N3O3. The van der Waals surface area contributed by atoms with Gasteiger partial charge < -0.3 is 14.4 Å². The van der Waals surface area contributed by atoms with E-state index in [2.05, 4.69) is 0 Å². The highest BCUT2D eigenvalue weighted by molar-refractivity contribution is 6.02. The molecule has 1 fully saturated rings. The lowest BCUT2D eigenvalue weighted by atomic mass is 10.1. The quantitative estimate of drug-likeness (QED) is 0.760. The Hall–Kier alpha value is -2.11. The van der Waals surface area contributed by atoms with Gasteiger partial charge in [-0.1, -0.05) is 0 Å². The van der Waals surface area contributed by atoms with Crippen LogP contribution in [0.15, 0.2) is 6.07 Å². The lowest BCUT2D eigenvalue weighted by Gasteiger charge is -2.32. The van der Waals surface area contributed by atoms with E-state index in [1.807, 2.05) is 38.5 Å². The van der Waals surface area contributed by atoms with Gasteiger partial charge in [0.15, 0.2) is 5.78 Å². The van der Waals surface area contributed by atoms with E-state index in [0.29, 0.717) is 12.1 Å². The molecule has 0 N–H and O–H groups in total. The van der Waals surface area contributed by atoms with Crippen LogP contribution in [-0.2, 0) is 16.6 Å². The first-order chi connectivity index (χ1) is 9.85. The summed E-state index contributed by atoms with van der Waals surface area (Å²) in [7, 11) is 1.90. The number of ketones is 1. The van der Waals surface area contributed by atoms with Crippen LogP contribution in [0.5, 0.6) is 0 Å². The second-order valence-corrected chi connectivity index (χ2v) is 5.42. The number of aromatic nitrogens is 1. The number of amides is 2. The predicted octanol–water partition coefficient (Wildman–Crippen LogP) is 0.515. The van der Waals surface area contributed by atoms with Crippen LogP contribution >= 0.6 is 0 Å². The number of piperazine rings is 1. The van der Waals surface area contributed by atoms with E-state index in [1.54, 1.807) is 0 Å². The Morgan fingerprint density at radius 3 is 2.24 bits per heavy atom. The summed E-state index contributed by atoms with van der Waals surface area (Å²) in [5, 5.41) is 0. The molecule has 0 unspecified atom stereocenters. The Bertz CT molecular complexity index is 604. The standard InChI is InChI=1S/C15H21N3O3/c1-5-17-8-15(21)18(9-14(17)20)7-13(19)12-6-10(2)16(4)11(12)3/h6H,5,7-9H2,1-4H3. The summed E-state index contributed by atoms with van der Waals surface area (Å²) in [5.41, 5.74) is 2.49. The molecule has 1 aliphatic rings. The second-order valence-electron chi connectivity index (χ2n) is 5.42. The molecule has 0 spiro atoms. The highest BCUT2D eigenvalue weighted by atomic mass is 16.2. The number of rotatable bonds is 4. The smallest absolute Gasteiger partial charge is 0.243 e. The molecule has 0 radical (unpaired) electrons. The first-order valence-corrected chi connectivity index (χ1v) is 7.06. The average Bonchev–Trinajstić information content (AvgIpc) is 2.70. The molecule has 21 heavy (non-hydrogen) atoms. The molecule has 1 aromatic rings. The maximum Gasteiger partial charge on any atom is 0.243 e. The first kappa shape index (κ1) is 15.3. The van der Waals surface area contributed by atoms with Gasteiger partial charge in [-0.2, -0.15) is 0 Å². The molecule has 0 atom stereocenters. The van der Waals surface area contributed by atoms with Crippen molar-refractivity contribution in [3.05, 3.63) is 23.0 Å².